The van der Waals surface area contributed by atoms with Crippen LogP contribution in [0.3, 0.4) is 0 Å². The first-order valence-corrected chi connectivity index (χ1v) is 6.35. The quantitative estimate of drug-likeness (QED) is 0.891. The standard InChI is InChI=1S/C15H19N3/c1-4-6-12-7-5-8-13(10-12)14-9-11(2)17-15(16-3)18-14/h5,7-10H,4,6H2,1-3H3,(H,16,17,18). The van der Waals surface area contributed by atoms with Gasteiger partial charge < -0.3 is 5.32 Å². The normalized spacial score (nSPS) is 10.4. The molecule has 0 radical (unpaired) electrons. The molecule has 3 nitrogen and oxygen atoms in total. The molecule has 2 rings (SSSR count). The molecule has 0 atom stereocenters. The van der Waals surface area contributed by atoms with Crippen molar-refractivity contribution >= 4 is 5.95 Å². The number of nitrogens with one attached hydrogen (secondary N) is 1. The highest BCUT2D eigenvalue weighted by molar-refractivity contribution is 5.61. The molecule has 94 valence electrons. The first kappa shape index (κ1) is 12.6. The fourth-order valence-electron chi connectivity index (χ4n) is 2.00. The molecule has 0 bridgehead atoms. The summed E-state index contributed by atoms with van der Waals surface area (Å²) in [6, 6.07) is 10.6. The Morgan fingerprint density at radius 2 is 2.00 bits per heavy atom. The minimum absolute atomic E-state index is 0.672. The van der Waals surface area contributed by atoms with E-state index >= 15 is 0 Å². The lowest BCUT2D eigenvalue weighted by molar-refractivity contribution is 0.922. The van der Waals surface area contributed by atoms with Crippen molar-refractivity contribution in [2.75, 3.05) is 12.4 Å². The van der Waals surface area contributed by atoms with E-state index in [-0.39, 0.29) is 0 Å². The maximum absolute atomic E-state index is 4.50. The number of rotatable bonds is 4. The topological polar surface area (TPSA) is 37.8 Å². The fourth-order valence-corrected chi connectivity index (χ4v) is 2.00. The molecule has 1 N–H and O–H groups in total. The highest BCUT2D eigenvalue weighted by atomic mass is 15.1. The molecule has 1 aromatic heterocycles. The fraction of sp³-hybridized carbons (Fsp3) is 0.333. The highest BCUT2D eigenvalue weighted by Crippen LogP contribution is 2.20. The van der Waals surface area contributed by atoms with Crippen LogP contribution in [0.4, 0.5) is 5.95 Å². The van der Waals surface area contributed by atoms with Crippen LogP contribution in [0.1, 0.15) is 24.6 Å². The van der Waals surface area contributed by atoms with E-state index in [1.165, 1.54) is 5.56 Å². The van der Waals surface area contributed by atoms with E-state index in [0.717, 1.165) is 29.8 Å². The van der Waals surface area contributed by atoms with Crippen molar-refractivity contribution in [3.8, 4) is 11.3 Å². The Balaban J connectivity index is 2.41. The molecule has 0 aliphatic heterocycles. The van der Waals surface area contributed by atoms with Crippen molar-refractivity contribution in [1.29, 1.82) is 0 Å². The third-order valence-corrected chi connectivity index (χ3v) is 2.84. The Kier molecular flexibility index (Phi) is 3.92. The number of aromatic nitrogens is 2. The summed E-state index contributed by atoms with van der Waals surface area (Å²) in [4.78, 5) is 8.82. The molecular weight excluding hydrogens is 222 g/mol. The van der Waals surface area contributed by atoms with Crippen molar-refractivity contribution < 1.29 is 0 Å². The van der Waals surface area contributed by atoms with Crippen LogP contribution in [0.15, 0.2) is 30.3 Å². The van der Waals surface area contributed by atoms with Crippen molar-refractivity contribution in [1.82, 2.24) is 9.97 Å². The van der Waals surface area contributed by atoms with Crippen LogP contribution in [0.2, 0.25) is 0 Å². The average Bonchev–Trinajstić information content (AvgIpc) is 2.39. The predicted molar refractivity (Wildman–Crippen MR) is 75.7 cm³/mol. The molecule has 0 saturated heterocycles. The maximum Gasteiger partial charge on any atom is 0.223 e. The molecule has 0 fully saturated rings. The van der Waals surface area contributed by atoms with E-state index in [9.17, 15) is 0 Å². The SMILES string of the molecule is CCCc1cccc(-c2cc(C)nc(NC)n2)c1. The van der Waals surface area contributed by atoms with Gasteiger partial charge in [-0.15, -0.1) is 0 Å². The van der Waals surface area contributed by atoms with Crippen LogP contribution >= 0.6 is 0 Å². The molecule has 0 unspecified atom stereocenters. The zero-order chi connectivity index (χ0) is 13.0. The van der Waals surface area contributed by atoms with Gasteiger partial charge in [0.1, 0.15) is 0 Å². The second kappa shape index (κ2) is 5.63. The van der Waals surface area contributed by atoms with E-state index < -0.39 is 0 Å². The van der Waals surface area contributed by atoms with Crippen LogP contribution in [-0.2, 0) is 6.42 Å². The van der Waals surface area contributed by atoms with E-state index in [1.54, 1.807) is 0 Å². The summed E-state index contributed by atoms with van der Waals surface area (Å²) >= 11 is 0. The smallest absolute Gasteiger partial charge is 0.223 e. The van der Waals surface area contributed by atoms with Gasteiger partial charge in [0.25, 0.3) is 0 Å². The average molecular weight is 241 g/mol. The van der Waals surface area contributed by atoms with Crippen LogP contribution in [0.25, 0.3) is 11.3 Å². The summed E-state index contributed by atoms with van der Waals surface area (Å²) in [6.07, 6.45) is 2.27. The van der Waals surface area contributed by atoms with Gasteiger partial charge >= 0.3 is 0 Å². The molecule has 1 heterocycles. The first-order chi connectivity index (χ1) is 8.72. The van der Waals surface area contributed by atoms with Gasteiger partial charge in [0, 0.05) is 18.3 Å². The number of hydrogen-bond donors (Lipinski definition) is 1. The summed E-state index contributed by atoms with van der Waals surface area (Å²) in [5.41, 5.74) is 4.47. The molecule has 0 saturated carbocycles. The zero-order valence-electron chi connectivity index (χ0n) is 11.2. The second-order valence-corrected chi connectivity index (χ2v) is 4.42. The summed E-state index contributed by atoms with van der Waals surface area (Å²) < 4.78 is 0. The molecule has 0 amide bonds. The van der Waals surface area contributed by atoms with Gasteiger partial charge in [-0.25, -0.2) is 9.97 Å². The number of benzene rings is 1. The van der Waals surface area contributed by atoms with E-state index in [0.29, 0.717) is 5.95 Å². The van der Waals surface area contributed by atoms with Crippen LogP contribution < -0.4 is 5.32 Å². The van der Waals surface area contributed by atoms with Gasteiger partial charge in [0.15, 0.2) is 0 Å². The minimum Gasteiger partial charge on any atom is -0.357 e. The lowest BCUT2D eigenvalue weighted by Crippen LogP contribution is -1.99. The summed E-state index contributed by atoms with van der Waals surface area (Å²) in [5, 5.41) is 3.00. The monoisotopic (exact) mass is 241 g/mol. The maximum atomic E-state index is 4.50. The van der Waals surface area contributed by atoms with Gasteiger partial charge in [-0.2, -0.15) is 0 Å². The summed E-state index contributed by atoms with van der Waals surface area (Å²) in [7, 11) is 1.84. The second-order valence-electron chi connectivity index (χ2n) is 4.42. The van der Waals surface area contributed by atoms with E-state index in [2.05, 4.69) is 46.5 Å². The predicted octanol–water partition coefficient (Wildman–Crippen LogP) is 3.45. The van der Waals surface area contributed by atoms with Crippen molar-refractivity contribution in [2.45, 2.75) is 26.7 Å². The molecule has 3 heteroatoms. The van der Waals surface area contributed by atoms with Crippen LogP contribution in [0.5, 0.6) is 0 Å². The molecule has 0 aliphatic rings. The largest absolute Gasteiger partial charge is 0.357 e. The minimum atomic E-state index is 0.672. The third kappa shape index (κ3) is 2.86. The number of anilines is 1. The number of hydrogen-bond acceptors (Lipinski definition) is 3. The lowest BCUT2D eigenvalue weighted by Gasteiger charge is -2.07. The van der Waals surface area contributed by atoms with Gasteiger partial charge in [-0.3, -0.25) is 0 Å². The molecule has 0 aliphatic carbocycles. The summed E-state index contributed by atoms with van der Waals surface area (Å²) in [5.74, 6) is 0.672. The Morgan fingerprint density at radius 1 is 1.17 bits per heavy atom. The van der Waals surface area contributed by atoms with Gasteiger partial charge in [0.2, 0.25) is 5.95 Å². The summed E-state index contributed by atoms with van der Waals surface area (Å²) in [6.45, 7) is 4.18. The zero-order valence-corrected chi connectivity index (χ0v) is 11.2. The van der Waals surface area contributed by atoms with Gasteiger partial charge in [0.05, 0.1) is 5.69 Å². The molecular formula is C15H19N3. The van der Waals surface area contributed by atoms with E-state index in [4.69, 9.17) is 0 Å². The number of nitrogens with zero attached hydrogens (tertiary/aromatic N) is 2. The number of aryl methyl sites for hydroxylation is 2. The van der Waals surface area contributed by atoms with Crippen molar-refractivity contribution in [2.24, 2.45) is 0 Å². The Hall–Kier alpha value is -1.90. The lowest BCUT2D eigenvalue weighted by atomic mass is 10.0. The van der Waals surface area contributed by atoms with Crippen molar-refractivity contribution in [3.05, 3.63) is 41.6 Å². The van der Waals surface area contributed by atoms with Crippen LogP contribution in [-0.4, -0.2) is 17.0 Å². The molecule has 1 aromatic carbocycles. The highest BCUT2D eigenvalue weighted by Gasteiger charge is 2.04. The van der Waals surface area contributed by atoms with E-state index in [1.807, 2.05) is 20.0 Å². The van der Waals surface area contributed by atoms with Gasteiger partial charge in [-0.05, 0) is 31.0 Å². The van der Waals surface area contributed by atoms with Crippen molar-refractivity contribution in [3.63, 3.8) is 0 Å². The first-order valence-electron chi connectivity index (χ1n) is 6.35. The Morgan fingerprint density at radius 3 is 2.72 bits per heavy atom. The molecule has 0 spiro atoms. The third-order valence-electron chi connectivity index (χ3n) is 2.84. The van der Waals surface area contributed by atoms with Gasteiger partial charge in [-0.1, -0.05) is 31.5 Å². The molecule has 2 aromatic rings. The Bertz CT molecular complexity index is 535. The molecule has 18 heavy (non-hydrogen) atoms. The Labute approximate surface area is 108 Å². The van der Waals surface area contributed by atoms with Crippen LogP contribution in [0, 0.1) is 6.92 Å².